The molecule has 0 unspecified atom stereocenters. The Hall–Kier alpha value is -3.00. The van der Waals surface area contributed by atoms with Crippen LogP contribution in [0.1, 0.15) is 10.4 Å². The molecule has 1 amide bonds. The highest BCUT2D eigenvalue weighted by atomic mass is 32.1. The van der Waals surface area contributed by atoms with Crippen molar-refractivity contribution in [3.8, 4) is 23.0 Å². The Morgan fingerprint density at radius 3 is 2.08 bits per heavy atom. The van der Waals surface area contributed by atoms with E-state index in [-0.39, 0.29) is 5.91 Å². The molecule has 0 aliphatic rings. The van der Waals surface area contributed by atoms with Crippen LogP contribution in [0.15, 0.2) is 30.3 Å². The van der Waals surface area contributed by atoms with E-state index in [1.165, 1.54) is 25.6 Å². The van der Waals surface area contributed by atoms with Gasteiger partial charge in [0.25, 0.3) is 5.91 Å². The molecule has 7 nitrogen and oxygen atoms in total. The molecule has 3 rings (SSSR count). The van der Waals surface area contributed by atoms with Gasteiger partial charge in [0.1, 0.15) is 28.5 Å². The molecule has 136 valence electrons. The molecule has 26 heavy (non-hydrogen) atoms. The van der Waals surface area contributed by atoms with Crippen LogP contribution in [-0.4, -0.2) is 39.3 Å². The van der Waals surface area contributed by atoms with Gasteiger partial charge in [-0.05, 0) is 18.2 Å². The standard InChI is InChI=1S/C18H18N2O5S/c1-22-11-5-10(6-12(7-11)23-2)17(21)20-18-19-16-14(25-4)8-13(24-3)9-15(16)26-18/h5-9H,1-4H3,(H,19,20,21). The summed E-state index contributed by atoms with van der Waals surface area (Å²) < 4.78 is 21.9. The topological polar surface area (TPSA) is 78.9 Å². The molecule has 3 aromatic rings. The summed E-state index contributed by atoms with van der Waals surface area (Å²) in [5.41, 5.74) is 1.07. The molecule has 0 fully saturated rings. The Bertz CT molecular complexity index is 932. The number of amides is 1. The van der Waals surface area contributed by atoms with E-state index in [1.807, 2.05) is 6.07 Å². The van der Waals surface area contributed by atoms with Crippen LogP contribution in [0.25, 0.3) is 10.2 Å². The van der Waals surface area contributed by atoms with Gasteiger partial charge in [-0.1, -0.05) is 11.3 Å². The van der Waals surface area contributed by atoms with E-state index in [1.54, 1.807) is 38.5 Å². The lowest BCUT2D eigenvalue weighted by Crippen LogP contribution is -2.12. The van der Waals surface area contributed by atoms with Gasteiger partial charge in [0, 0.05) is 17.7 Å². The van der Waals surface area contributed by atoms with Gasteiger partial charge in [0.15, 0.2) is 5.13 Å². The molecule has 1 aromatic heterocycles. The lowest BCUT2D eigenvalue weighted by Gasteiger charge is -2.08. The number of methoxy groups -OCH3 is 4. The van der Waals surface area contributed by atoms with Gasteiger partial charge >= 0.3 is 0 Å². The van der Waals surface area contributed by atoms with Crippen molar-refractivity contribution >= 4 is 32.6 Å². The quantitative estimate of drug-likeness (QED) is 0.710. The number of nitrogens with zero attached hydrogens (tertiary/aromatic N) is 1. The van der Waals surface area contributed by atoms with Crippen molar-refractivity contribution in [1.82, 2.24) is 4.98 Å². The fraction of sp³-hybridized carbons (Fsp3) is 0.222. The summed E-state index contributed by atoms with van der Waals surface area (Å²) in [7, 11) is 6.21. The first-order chi connectivity index (χ1) is 12.6. The lowest BCUT2D eigenvalue weighted by molar-refractivity contribution is 0.102. The number of nitrogens with one attached hydrogen (secondary N) is 1. The number of anilines is 1. The lowest BCUT2D eigenvalue weighted by atomic mass is 10.2. The highest BCUT2D eigenvalue weighted by Crippen LogP contribution is 2.36. The van der Waals surface area contributed by atoms with Gasteiger partial charge < -0.3 is 18.9 Å². The van der Waals surface area contributed by atoms with Crippen LogP contribution in [-0.2, 0) is 0 Å². The molecular weight excluding hydrogens is 356 g/mol. The van der Waals surface area contributed by atoms with Crippen LogP contribution >= 0.6 is 11.3 Å². The number of thiazole rings is 1. The molecule has 1 N–H and O–H groups in total. The molecule has 0 bridgehead atoms. The first kappa shape index (κ1) is 17.8. The molecule has 0 spiro atoms. The number of carbonyl (C=O) groups excluding carboxylic acids is 1. The van der Waals surface area contributed by atoms with Crippen molar-refractivity contribution in [1.29, 1.82) is 0 Å². The largest absolute Gasteiger partial charge is 0.497 e. The van der Waals surface area contributed by atoms with Crippen molar-refractivity contribution in [2.45, 2.75) is 0 Å². The van der Waals surface area contributed by atoms with Crippen molar-refractivity contribution in [2.75, 3.05) is 33.8 Å². The van der Waals surface area contributed by atoms with Crippen molar-refractivity contribution in [3.05, 3.63) is 35.9 Å². The molecule has 2 aromatic carbocycles. The van der Waals surface area contributed by atoms with Crippen LogP contribution in [0.5, 0.6) is 23.0 Å². The van der Waals surface area contributed by atoms with Gasteiger partial charge in [-0.3, -0.25) is 10.1 Å². The van der Waals surface area contributed by atoms with Crippen molar-refractivity contribution < 1.29 is 23.7 Å². The summed E-state index contributed by atoms with van der Waals surface area (Å²) in [5, 5.41) is 3.26. The van der Waals surface area contributed by atoms with E-state index >= 15 is 0 Å². The molecule has 0 aliphatic carbocycles. The Morgan fingerprint density at radius 1 is 0.885 bits per heavy atom. The summed E-state index contributed by atoms with van der Waals surface area (Å²) in [6.45, 7) is 0. The van der Waals surface area contributed by atoms with E-state index in [2.05, 4.69) is 10.3 Å². The van der Waals surface area contributed by atoms with Crippen LogP contribution in [0, 0.1) is 0 Å². The minimum absolute atomic E-state index is 0.313. The third kappa shape index (κ3) is 3.50. The second-order valence-electron chi connectivity index (χ2n) is 5.25. The maximum atomic E-state index is 12.6. The van der Waals surface area contributed by atoms with Crippen molar-refractivity contribution in [2.24, 2.45) is 0 Å². The number of ether oxygens (including phenoxy) is 4. The number of fused-ring (bicyclic) bond motifs is 1. The fourth-order valence-electron chi connectivity index (χ4n) is 2.41. The number of hydrogen-bond donors (Lipinski definition) is 1. The number of hydrogen-bond acceptors (Lipinski definition) is 7. The van der Waals surface area contributed by atoms with E-state index in [9.17, 15) is 4.79 Å². The van der Waals surface area contributed by atoms with Gasteiger partial charge in [-0.15, -0.1) is 0 Å². The first-order valence-electron chi connectivity index (χ1n) is 7.65. The van der Waals surface area contributed by atoms with Crippen LogP contribution < -0.4 is 24.3 Å². The molecule has 1 heterocycles. The summed E-state index contributed by atoms with van der Waals surface area (Å²) in [4.78, 5) is 17.0. The Morgan fingerprint density at radius 2 is 1.50 bits per heavy atom. The molecule has 0 atom stereocenters. The molecule has 0 radical (unpaired) electrons. The SMILES string of the molecule is COc1cc(OC)cc(C(=O)Nc2nc3c(OC)cc(OC)cc3s2)c1. The molecular formula is C18H18N2O5S. The van der Waals surface area contributed by atoms with Crippen LogP contribution in [0.2, 0.25) is 0 Å². The van der Waals surface area contributed by atoms with Gasteiger partial charge in [-0.25, -0.2) is 4.98 Å². The Balaban J connectivity index is 1.92. The summed E-state index contributed by atoms with van der Waals surface area (Å²) in [5.74, 6) is 2.00. The van der Waals surface area contributed by atoms with Gasteiger partial charge in [-0.2, -0.15) is 0 Å². The predicted molar refractivity (Wildman–Crippen MR) is 100 cm³/mol. The first-order valence-corrected chi connectivity index (χ1v) is 8.46. The van der Waals surface area contributed by atoms with Gasteiger partial charge in [0.05, 0.1) is 33.1 Å². The normalized spacial score (nSPS) is 10.5. The number of aromatic nitrogens is 1. The van der Waals surface area contributed by atoms with Crippen LogP contribution in [0.4, 0.5) is 5.13 Å². The smallest absolute Gasteiger partial charge is 0.257 e. The van der Waals surface area contributed by atoms with Crippen LogP contribution in [0.3, 0.4) is 0 Å². The average Bonchev–Trinajstić information content (AvgIpc) is 3.08. The minimum Gasteiger partial charge on any atom is -0.497 e. The van der Waals surface area contributed by atoms with E-state index in [4.69, 9.17) is 18.9 Å². The number of benzene rings is 2. The second kappa shape index (κ2) is 7.49. The number of rotatable bonds is 6. The summed E-state index contributed by atoms with van der Waals surface area (Å²) in [6.07, 6.45) is 0. The van der Waals surface area contributed by atoms with E-state index < -0.39 is 0 Å². The molecule has 8 heteroatoms. The predicted octanol–water partition coefficient (Wildman–Crippen LogP) is 3.58. The molecule has 0 aliphatic heterocycles. The average molecular weight is 374 g/mol. The zero-order chi connectivity index (χ0) is 18.7. The highest BCUT2D eigenvalue weighted by molar-refractivity contribution is 7.22. The minimum atomic E-state index is -0.313. The molecule has 0 saturated heterocycles. The summed E-state index contributed by atoms with van der Waals surface area (Å²) in [6, 6.07) is 8.56. The fourth-order valence-corrected chi connectivity index (χ4v) is 3.32. The second-order valence-corrected chi connectivity index (χ2v) is 6.28. The zero-order valence-electron chi connectivity index (χ0n) is 14.8. The monoisotopic (exact) mass is 374 g/mol. The Labute approximate surface area is 154 Å². The zero-order valence-corrected chi connectivity index (χ0v) is 15.6. The van der Waals surface area contributed by atoms with E-state index in [0.29, 0.717) is 39.2 Å². The third-order valence-electron chi connectivity index (χ3n) is 3.72. The van der Waals surface area contributed by atoms with E-state index in [0.717, 1.165) is 4.70 Å². The Kier molecular flexibility index (Phi) is 5.13. The number of carbonyl (C=O) groups is 1. The maximum absolute atomic E-state index is 12.6. The third-order valence-corrected chi connectivity index (χ3v) is 4.64. The highest BCUT2D eigenvalue weighted by Gasteiger charge is 2.15. The van der Waals surface area contributed by atoms with Crippen molar-refractivity contribution in [3.63, 3.8) is 0 Å². The summed E-state index contributed by atoms with van der Waals surface area (Å²) >= 11 is 1.33. The maximum Gasteiger partial charge on any atom is 0.257 e. The molecule has 0 saturated carbocycles. The van der Waals surface area contributed by atoms with Gasteiger partial charge in [0.2, 0.25) is 0 Å².